The standard InChI is InChI=1S/C20H22BrN3O4S2/c1-23(2)10-11-24(20-22-17-9-4-14(21)12-18(17)29-20)19(25)13-30(26,27)16-7-5-15(28-3)6-8-16/h4-9,12H,10-11,13H2,1-3H3. The molecule has 0 aliphatic carbocycles. The Bertz CT molecular complexity index is 1140. The van der Waals surface area contributed by atoms with Crippen molar-refractivity contribution in [3.8, 4) is 5.75 Å². The van der Waals surface area contributed by atoms with E-state index >= 15 is 0 Å². The van der Waals surface area contributed by atoms with Gasteiger partial charge in [-0.3, -0.25) is 9.69 Å². The molecule has 30 heavy (non-hydrogen) atoms. The summed E-state index contributed by atoms with van der Waals surface area (Å²) in [6, 6.07) is 11.7. The maximum atomic E-state index is 13.1. The Morgan fingerprint density at radius 2 is 1.83 bits per heavy atom. The number of halogens is 1. The summed E-state index contributed by atoms with van der Waals surface area (Å²) in [6.45, 7) is 0.916. The van der Waals surface area contributed by atoms with Crippen molar-refractivity contribution < 1.29 is 17.9 Å². The predicted octanol–water partition coefficient (Wildman–Crippen LogP) is 3.44. The molecule has 10 heteroatoms. The Balaban J connectivity index is 1.89. The van der Waals surface area contributed by atoms with Crippen molar-refractivity contribution in [2.75, 3.05) is 44.9 Å². The highest BCUT2D eigenvalue weighted by Gasteiger charge is 2.26. The molecule has 1 aromatic heterocycles. The first-order valence-corrected chi connectivity index (χ1v) is 12.3. The average molecular weight is 512 g/mol. The Morgan fingerprint density at radius 3 is 2.47 bits per heavy atom. The number of nitrogens with zero attached hydrogens (tertiary/aromatic N) is 3. The summed E-state index contributed by atoms with van der Waals surface area (Å²) < 4.78 is 32.5. The molecule has 0 spiro atoms. The van der Waals surface area contributed by atoms with Crippen LogP contribution in [-0.2, 0) is 14.6 Å². The van der Waals surface area contributed by atoms with Gasteiger partial charge >= 0.3 is 0 Å². The first-order valence-electron chi connectivity index (χ1n) is 9.07. The Hall–Kier alpha value is -2.01. The summed E-state index contributed by atoms with van der Waals surface area (Å²) in [5.74, 6) is -0.592. The Morgan fingerprint density at radius 1 is 1.13 bits per heavy atom. The summed E-state index contributed by atoms with van der Waals surface area (Å²) in [7, 11) is 1.49. The molecule has 2 aromatic carbocycles. The lowest BCUT2D eigenvalue weighted by atomic mass is 10.3. The fourth-order valence-corrected chi connectivity index (χ4v) is 5.49. The highest BCUT2D eigenvalue weighted by atomic mass is 79.9. The van der Waals surface area contributed by atoms with Crippen molar-refractivity contribution in [3.63, 3.8) is 0 Å². The molecule has 3 aromatic rings. The molecule has 0 unspecified atom stereocenters. The van der Waals surface area contributed by atoms with E-state index in [2.05, 4.69) is 20.9 Å². The van der Waals surface area contributed by atoms with Gasteiger partial charge in [-0.05, 0) is 56.6 Å². The van der Waals surface area contributed by atoms with E-state index in [-0.39, 0.29) is 4.90 Å². The summed E-state index contributed by atoms with van der Waals surface area (Å²) in [5, 5.41) is 0.486. The van der Waals surface area contributed by atoms with Crippen LogP contribution in [0.1, 0.15) is 0 Å². The molecule has 0 aliphatic heterocycles. The number of aromatic nitrogens is 1. The van der Waals surface area contributed by atoms with Crippen LogP contribution >= 0.6 is 27.3 Å². The number of rotatable bonds is 8. The van der Waals surface area contributed by atoms with E-state index < -0.39 is 21.5 Å². The van der Waals surface area contributed by atoms with E-state index in [0.29, 0.717) is 24.0 Å². The van der Waals surface area contributed by atoms with Crippen molar-refractivity contribution >= 4 is 58.4 Å². The van der Waals surface area contributed by atoms with Gasteiger partial charge in [-0.25, -0.2) is 13.4 Å². The van der Waals surface area contributed by atoms with Gasteiger partial charge in [0.05, 0.1) is 22.2 Å². The van der Waals surface area contributed by atoms with Gasteiger partial charge in [-0.1, -0.05) is 27.3 Å². The third kappa shape index (κ3) is 5.37. The minimum absolute atomic E-state index is 0.0810. The first-order chi connectivity index (χ1) is 14.2. The zero-order valence-corrected chi connectivity index (χ0v) is 20.1. The Labute approximate surface area is 188 Å². The number of anilines is 1. The molecule has 0 saturated carbocycles. The van der Waals surface area contributed by atoms with E-state index in [1.54, 1.807) is 12.1 Å². The molecule has 1 amide bonds. The fraction of sp³-hybridized carbons (Fsp3) is 0.300. The lowest BCUT2D eigenvalue weighted by Gasteiger charge is -2.22. The number of thiazole rings is 1. The minimum atomic E-state index is -3.80. The molecule has 0 N–H and O–H groups in total. The Kier molecular flexibility index (Phi) is 7.12. The average Bonchev–Trinajstić information content (AvgIpc) is 3.10. The maximum Gasteiger partial charge on any atom is 0.244 e. The molecule has 7 nitrogen and oxygen atoms in total. The van der Waals surface area contributed by atoms with Gasteiger partial charge in [0.1, 0.15) is 11.5 Å². The fourth-order valence-electron chi connectivity index (χ4n) is 2.74. The minimum Gasteiger partial charge on any atom is -0.497 e. The zero-order valence-electron chi connectivity index (χ0n) is 16.8. The van der Waals surface area contributed by atoms with Crippen LogP contribution in [0.4, 0.5) is 5.13 Å². The lowest BCUT2D eigenvalue weighted by Crippen LogP contribution is -2.40. The van der Waals surface area contributed by atoms with E-state index in [1.807, 2.05) is 37.2 Å². The van der Waals surface area contributed by atoms with Crippen LogP contribution in [0.15, 0.2) is 51.8 Å². The highest BCUT2D eigenvalue weighted by molar-refractivity contribution is 9.10. The SMILES string of the molecule is COc1ccc(S(=O)(=O)CC(=O)N(CCN(C)C)c2nc3ccc(Br)cc3s2)cc1. The maximum absolute atomic E-state index is 13.1. The molecule has 0 atom stereocenters. The molecule has 0 saturated heterocycles. The third-order valence-electron chi connectivity index (χ3n) is 4.37. The highest BCUT2D eigenvalue weighted by Crippen LogP contribution is 2.31. The van der Waals surface area contributed by atoms with E-state index in [9.17, 15) is 13.2 Å². The van der Waals surface area contributed by atoms with Crippen LogP contribution in [0.3, 0.4) is 0 Å². The van der Waals surface area contributed by atoms with E-state index in [0.717, 1.165) is 14.7 Å². The topological polar surface area (TPSA) is 79.8 Å². The molecule has 0 radical (unpaired) electrons. The number of methoxy groups -OCH3 is 1. The van der Waals surface area contributed by atoms with Crippen LogP contribution in [0, 0.1) is 0 Å². The molecular formula is C20H22BrN3O4S2. The number of benzene rings is 2. The van der Waals surface area contributed by atoms with Crippen LogP contribution in [0.25, 0.3) is 10.2 Å². The summed E-state index contributed by atoms with van der Waals surface area (Å²) in [4.78, 5) is 21.1. The number of hydrogen-bond donors (Lipinski definition) is 0. The van der Waals surface area contributed by atoms with Crippen LogP contribution < -0.4 is 9.64 Å². The lowest BCUT2D eigenvalue weighted by molar-refractivity contribution is -0.116. The second kappa shape index (κ2) is 9.42. The first kappa shape index (κ1) is 22.7. The smallest absolute Gasteiger partial charge is 0.244 e. The van der Waals surface area contributed by atoms with Gasteiger partial charge in [0.15, 0.2) is 15.0 Å². The number of fused-ring (bicyclic) bond motifs is 1. The third-order valence-corrected chi connectivity index (χ3v) is 7.53. The molecule has 0 fully saturated rings. The van der Waals surface area contributed by atoms with Gasteiger partial charge < -0.3 is 9.64 Å². The van der Waals surface area contributed by atoms with Crippen molar-refractivity contribution in [2.45, 2.75) is 4.90 Å². The van der Waals surface area contributed by atoms with Crippen molar-refractivity contribution in [1.82, 2.24) is 9.88 Å². The van der Waals surface area contributed by atoms with E-state index in [1.165, 1.54) is 35.5 Å². The van der Waals surface area contributed by atoms with Gasteiger partial charge in [-0.15, -0.1) is 0 Å². The van der Waals surface area contributed by atoms with E-state index in [4.69, 9.17) is 4.74 Å². The summed E-state index contributed by atoms with van der Waals surface area (Å²) in [6.07, 6.45) is 0. The van der Waals surface area contributed by atoms with Crippen LogP contribution in [0.5, 0.6) is 5.75 Å². The number of ether oxygens (including phenoxy) is 1. The number of hydrogen-bond acceptors (Lipinski definition) is 7. The molecule has 1 heterocycles. The van der Waals surface area contributed by atoms with Gasteiger partial charge in [-0.2, -0.15) is 0 Å². The summed E-state index contributed by atoms with van der Waals surface area (Å²) >= 11 is 4.80. The molecule has 0 bridgehead atoms. The largest absolute Gasteiger partial charge is 0.497 e. The number of sulfone groups is 1. The normalized spacial score (nSPS) is 11.8. The number of amides is 1. The van der Waals surface area contributed by atoms with Crippen molar-refractivity contribution in [1.29, 1.82) is 0 Å². The van der Waals surface area contributed by atoms with Crippen LogP contribution in [0.2, 0.25) is 0 Å². The number of carbonyl (C=O) groups is 1. The zero-order chi connectivity index (χ0) is 21.9. The molecular weight excluding hydrogens is 490 g/mol. The number of carbonyl (C=O) groups excluding carboxylic acids is 1. The van der Waals surface area contributed by atoms with Gasteiger partial charge in [0, 0.05) is 17.6 Å². The molecule has 0 aliphatic rings. The second-order valence-electron chi connectivity index (χ2n) is 6.89. The van der Waals surface area contributed by atoms with Crippen molar-refractivity contribution in [2.24, 2.45) is 0 Å². The molecule has 160 valence electrons. The monoisotopic (exact) mass is 511 g/mol. The molecule has 3 rings (SSSR count). The summed E-state index contributed by atoms with van der Waals surface area (Å²) in [5.41, 5.74) is 0.763. The van der Waals surface area contributed by atoms with Gasteiger partial charge in [0.25, 0.3) is 0 Å². The second-order valence-corrected chi connectivity index (χ2v) is 10.8. The predicted molar refractivity (Wildman–Crippen MR) is 123 cm³/mol. The number of likely N-dealkylation sites (N-methyl/N-ethyl adjacent to an activating group) is 1. The van der Waals surface area contributed by atoms with Gasteiger partial charge in [0.2, 0.25) is 5.91 Å². The van der Waals surface area contributed by atoms with Crippen molar-refractivity contribution in [3.05, 3.63) is 46.9 Å². The quantitative estimate of drug-likeness (QED) is 0.460. The van der Waals surface area contributed by atoms with Crippen LogP contribution in [-0.4, -0.2) is 64.3 Å².